The van der Waals surface area contributed by atoms with Crippen molar-refractivity contribution in [3.05, 3.63) is 58.6 Å². The number of anilines is 1. The lowest BCUT2D eigenvalue weighted by atomic mass is 9.91. The van der Waals surface area contributed by atoms with Crippen molar-refractivity contribution in [2.24, 2.45) is 0 Å². The Bertz CT molecular complexity index is 710. The molecule has 0 saturated carbocycles. The molecule has 1 saturated heterocycles. The second-order valence-electron chi connectivity index (χ2n) is 5.97. The Hall–Kier alpha value is -2.04. The number of benzene rings is 2. The van der Waals surface area contributed by atoms with E-state index in [2.05, 4.69) is 22.8 Å². The molecule has 126 valence electrons. The number of carbonyl (C=O) groups is 1. The number of hydrogen-bond donors (Lipinski definition) is 2. The minimum Gasteiger partial charge on any atom is -0.495 e. The van der Waals surface area contributed by atoms with E-state index in [1.54, 1.807) is 18.2 Å². The van der Waals surface area contributed by atoms with E-state index in [-0.39, 0.29) is 5.91 Å². The third kappa shape index (κ3) is 3.89. The van der Waals surface area contributed by atoms with E-state index in [4.69, 9.17) is 16.3 Å². The van der Waals surface area contributed by atoms with Crippen molar-refractivity contribution >= 4 is 23.2 Å². The second-order valence-corrected chi connectivity index (χ2v) is 6.38. The van der Waals surface area contributed by atoms with E-state index in [1.165, 1.54) is 25.5 Å². The zero-order valence-corrected chi connectivity index (χ0v) is 14.4. The lowest BCUT2D eigenvalue weighted by molar-refractivity contribution is 0.102. The van der Waals surface area contributed by atoms with E-state index in [0.29, 0.717) is 22.3 Å². The minimum atomic E-state index is -0.183. The zero-order chi connectivity index (χ0) is 16.9. The van der Waals surface area contributed by atoms with Gasteiger partial charge in [-0.05, 0) is 61.2 Å². The molecule has 5 heteroatoms. The van der Waals surface area contributed by atoms with Gasteiger partial charge in [0.1, 0.15) is 5.75 Å². The average molecular weight is 345 g/mol. The van der Waals surface area contributed by atoms with Crippen molar-refractivity contribution < 1.29 is 9.53 Å². The van der Waals surface area contributed by atoms with Crippen LogP contribution >= 0.6 is 11.6 Å². The number of piperidine rings is 1. The van der Waals surface area contributed by atoms with Gasteiger partial charge in [0.2, 0.25) is 0 Å². The molecule has 3 rings (SSSR count). The molecule has 2 aromatic rings. The summed E-state index contributed by atoms with van der Waals surface area (Å²) in [7, 11) is 1.53. The van der Waals surface area contributed by atoms with Gasteiger partial charge in [-0.2, -0.15) is 0 Å². The highest BCUT2D eigenvalue weighted by Crippen LogP contribution is 2.26. The molecule has 0 radical (unpaired) electrons. The third-order valence-corrected chi connectivity index (χ3v) is 4.66. The fraction of sp³-hybridized carbons (Fsp3) is 0.316. The average Bonchev–Trinajstić information content (AvgIpc) is 2.63. The van der Waals surface area contributed by atoms with Crippen molar-refractivity contribution in [2.45, 2.75) is 18.8 Å². The molecule has 2 N–H and O–H groups in total. The van der Waals surface area contributed by atoms with E-state index < -0.39 is 0 Å². The predicted octanol–water partition coefficient (Wildman–Crippen LogP) is 4.07. The number of hydrogen-bond acceptors (Lipinski definition) is 3. The lowest BCUT2D eigenvalue weighted by Crippen LogP contribution is -2.28. The predicted molar refractivity (Wildman–Crippen MR) is 97.2 cm³/mol. The van der Waals surface area contributed by atoms with E-state index in [9.17, 15) is 4.79 Å². The molecule has 1 amide bonds. The largest absolute Gasteiger partial charge is 0.495 e. The molecule has 1 heterocycles. The van der Waals surface area contributed by atoms with Crippen LogP contribution in [-0.2, 0) is 0 Å². The molecule has 1 fully saturated rings. The van der Waals surface area contributed by atoms with Gasteiger partial charge in [0.25, 0.3) is 5.91 Å². The first kappa shape index (κ1) is 16.8. The van der Waals surface area contributed by atoms with Gasteiger partial charge in [-0.25, -0.2) is 0 Å². The Balaban J connectivity index is 1.68. The van der Waals surface area contributed by atoms with Crippen LogP contribution in [0.5, 0.6) is 5.75 Å². The standard InChI is InChI=1S/C19H21ClN2O2/c1-24-18-11-14(6-9-17(18)20)19(23)22-16-7-4-13(5-8-16)15-3-2-10-21-12-15/h4-9,11,15,21H,2-3,10,12H2,1H3,(H,22,23)/t15-/m0/s1. The summed E-state index contributed by atoms with van der Waals surface area (Å²) in [6, 6.07) is 13.1. The lowest BCUT2D eigenvalue weighted by Gasteiger charge is -2.23. The van der Waals surface area contributed by atoms with Crippen LogP contribution < -0.4 is 15.4 Å². The van der Waals surface area contributed by atoms with Crippen LogP contribution in [0.4, 0.5) is 5.69 Å². The molecule has 1 atom stereocenters. The van der Waals surface area contributed by atoms with E-state index in [0.717, 1.165) is 18.8 Å². The monoisotopic (exact) mass is 344 g/mol. The smallest absolute Gasteiger partial charge is 0.255 e. The van der Waals surface area contributed by atoms with Crippen molar-refractivity contribution in [1.82, 2.24) is 5.32 Å². The van der Waals surface area contributed by atoms with Gasteiger partial charge in [-0.15, -0.1) is 0 Å². The Morgan fingerprint density at radius 3 is 2.71 bits per heavy atom. The van der Waals surface area contributed by atoms with Crippen LogP contribution in [0.1, 0.15) is 34.7 Å². The van der Waals surface area contributed by atoms with Gasteiger partial charge >= 0.3 is 0 Å². The van der Waals surface area contributed by atoms with Crippen molar-refractivity contribution in [2.75, 3.05) is 25.5 Å². The molecule has 1 aliphatic heterocycles. The number of nitrogens with one attached hydrogen (secondary N) is 2. The molecule has 0 aromatic heterocycles. The maximum atomic E-state index is 12.4. The van der Waals surface area contributed by atoms with Gasteiger partial charge in [-0.1, -0.05) is 23.7 Å². The zero-order valence-electron chi connectivity index (χ0n) is 13.6. The van der Waals surface area contributed by atoms with Gasteiger partial charge in [0.05, 0.1) is 12.1 Å². The van der Waals surface area contributed by atoms with Crippen molar-refractivity contribution in [1.29, 1.82) is 0 Å². The first-order valence-corrected chi connectivity index (χ1v) is 8.51. The topological polar surface area (TPSA) is 50.4 Å². The maximum absolute atomic E-state index is 12.4. The summed E-state index contributed by atoms with van der Waals surface area (Å²) in [6.07, 6.45) is 2.42. The molecule has 4 nitrogen and oxygen atoms in total. The summed E-state index contributed by atoms with van der Waals surface area (Å²) in [4.78, 5) is 12.4. The molecule has 0 bridgehead atoms. The summed E-state index contributed by atoms with van der Waals surface area (Å²) in [5.74, 6) is 0.866. The van der Waals surface area contributed by atoms with Gasteiger partial charge in [0.15, 0.2) is 0 Å². The van der Waals surface area contributed by atoms with Crippen LogP contribution in [-0.4, -0.2) is 26.1 Å². The van der Waals surface area contributed by atoms with E-state index >= 15 is 0 Å². The fourth-order valence-corrected chi connectivity index (χ4v) is 3.17. The van der Waals surface area contributed by atoms with Crippen LogP contribution in [0.15, 0.2) is 42.5 Å². The number of amides is 1. The van der Waals surface area contributed by atoms with Gasteiger partial charge in [0, 0.05) is 17.8 Å². The number of halogens is 1. The molecule has 0 aliphatic carbocycles. The highest BCUT2D eigenvalue weighted by molar-refractivity contribution is 6.32. The van der Waals surface area contributed by atoms with E-state index in [1.807, 2.05) is 12.1 Å². The molecular weight excluding hydrogens is 324 g/mol. The normalized spacial score (nSPS) is 17.3. The minimum absolute atomic E-state index is 0.183. The number of rotatable bonds is 4. The van der Waals surface area contributed by atoms with Crippen LogP contribution in [0.2, 0.25) is 5.02 Å². The summed E-state index contributed by atoms with van der Waals surface area (Å²) in [5.41, 5.74) is 2.60. The van der Waals surface area contributed by atoms with Crippen molar-refractivity contribution in [3.8, 4) is 5.75 Å². The number of methoxy groups -OCH3 is 1. The quantitative estimate of drug-likeness (QED) is 0.879. The maximum Gasteiger partial charge on any atom is 0.255 e. The first-order chi connectivity index (χ1) is 11.7. The van der Waals surface area contributed by atoms with Crippen LogP contribution in [0, 0.1) is 0 Å². The Labute approximate surface area is 147 Å². The molecule has 1 aliphatic rings. The summed E-state index contributed by atoms with van der Waals surface area (Å²) in [5, 5.41) is 6.82. The number of ether oxygens (including phenoxy) is 1. The van der Waals surface area contributed by atoms with Gasteiger partial charge in [-0.3, -0.25) is 4.79 Å². The molecule has 0 unspecified atom stereocenters. The molecule has 0 spiro atoms. The SMILES string of the molecule is COc1cc(C(=O)Nc2ccc([C@H]3CCCNC3)cc2)ccc1Cl. The van der Waals surface area contributed by atoms with Gasteiger partial charge < -0.3 is 15.4 Å². The highest BCUT2D eigenvalue weighted by Gasteiger charge is 2.15. The Kier molecular flexibility index (Phi) is 5.38. The van der Waals surface area contributed by atoms with Crippen LogP contribution in [0.25, 0.3) is 0 Å². The van der Waals surface area contributed by atoms with Crippen LogP contribution in [0.3, 0.4) is 0 Å². The summed E-state index contributed by atoms with van der Waals surface area (Å²) in [6.45, 7) is 2.13. The summed E-state index contributed by atoms with van der Waals surface area (Å²) < 4.78 is 5.15. The Morgan fingerprint density at radius 1 is 1.25 bits per heavy atom. The molecule has 2 aromatic carbocycles. The van der Waals surface area contributed by atoms with Crippen molar-refractivity contribution in [3.63, 3.8) is 0 Å². The molecular formula is C19H21ClN2O2. The second kappa shape index (κ2) is 7.69. The Morgan fingerprint density at radius 2 is 2.04 bits per heavy atom. The third-order valence-electron chi connectivity index (χ3n) is 4.35. The highest BCUT2D eigenvalue weighted by atomic mass is 35.5. The fourth-order valence-electron chi connectivity index (χ4n) is 2.98. The summed E-state index contributed by atoms with van der Waals surface area (Å²) >= 11 is 5.99. The number of carbonyl (C=O) groups excluding carboxylic acids is 1. The molecule has 24 heavy (non-hydrogen) atoms. The first-order valence-electron chi connectivity index (χ1n) is 8.13.